The van der Waals surface area contributed by atoms with E-state index >= 15 is 0 Å². The van der Waals surface area contributed by atoms with Gasteiger partial charge in [-0.25, -0.2) is 0 Å². The first kappa shape index (κ1) is 5.69. The lowest BCUT2D eigenvalue weighted by atomic mass is 10.1. The van der Waals surface area contributed by atoms with Crippen LogP contribution < -0.4 is 0 Å². The maximum Gasteiger partial charge on any atom is 0.234 e. The third-order valence-electron chi connectivity index (χ3n) is 2.18. The highest BCUT2D eigenvalue weighted by atomic mass is 17.4. The first-order chi connectivity index (χ1) is 4.41. The van der Waals surface area contributed by atoms with E-state index in [2.05, 4.69) is 0 Å². The van der Waals surface area contributed by atoms with E-state index in [0.717, 1.165) is 12.8 Å². The molecule has 0 N–H and O–H groups in total. The van der Waals surface area contributed by atoms with Crippen LogP contribution in [0, 0.1) is 0 Å². The molecule has 9 heavy (non-hydrogen) atoms. The van der Waals surface area contributed by atoms with Crippen molar-refractivity contribution in [1.82, 2.24) is 0 Å². The minimum atomic E-state index is -0.0868. The molecular formula is C7H12O2. The van der Waals surface area contributed by atoms with E-state index < -0.39 is 0 Å². The quantitative estimate of drug-likeness (QED) is 0.368. The van der Waals surface area contributed by atoms with Crippen molar-refractivity contribution in [3.8, 4) is 0 Å². The summed E-state index contributed by atoms with van der Waals surface area (Å²) in [6.07, 6.45) is 7.50. The number of rotatable bonds is 0. The van der Waals surface area contributed by atoms with Crippen LogP contribution in [-0.4, -0.2) is 5.79 Å². The van der Waals surface area contributed by atoms with Crippen LogP contribution in [0.15, 0.2) is 0 Å². The van der Waals surface area contributed by atoms with Gasteiger partial charge in [0.25, 0.3) is 0 Å². The summed E-state index contributed by atoms with van der Waals surface area (Å²) in [4.78, 5) is 9.83. The summed E-state index contributed by atoms with van der Waals surface area (Å²) in [5.74, 6) is -0.0868. The fourth-order valence-corrected chi connectivity index (χ4v) is 1.49. The molecule has 2 rings (SSSR count). The van der Waals surface area contributed by atoms with E-state index in [0.29, 0.717) is 0 Å². The van der Waals surface area contributed by atoms with Crippen LogP contribution in [0.2, 0.25) is 0 Å². The van der Waals surface area contributed by atoms with Gasteiger partial charge in [0.2, 0.25) is 5.79 Å². The van der Waals surface area contributed by atoms with E-state index in [1.807, 2.05) is 0 Å². The van der Waals surface area contributed by atoms with Crippen LogP contribution >= 0.6 is 0 Å². The molecule has 1 saturated carbocycles. The summed E-state index contributed by atoms with van der Waals surface area (Å²) >= 11 is 0. The molecule has 0 unspecified atom stereocenters. The lowest BCUT2D eigenvalue weighted by Crippen LogP contribution is -2.06. The molecule has 1 aliphatic heterocycles. The first-order valence-electron chi connectivity index (χ1n) is 3.78. The Bertz CT molecular complexity index is 97.5. The standard InChI is InChI=1S/C7H12O2/c1-2-4-6-7(5-3-1)8-9-7/h1-6H2. The normalized spacial score (nSPS) is 32.0. The van der Waals surface area contributed by atoms with E-state index in [4.69, 9.17) is 9.78 Å². The van der Waals surface area contributed by atoms with Crippen LogP contribution in [0.4, 0.5) is 0 Å². The Balaban J connectivity index is 1.92. The zero-order chi connectivity index (χ0) is 6.16. The van der Waals surface area contributed by atoms with Crippen LogP contribution in [-0.2, 0) is 9.78 Å². The Hall–Kier alpha value is -0.0800. The molecule has 1 heterocycles. The summed E-state index contributed by atoms with van der Waals surface area (Å²) < 4.78 is 0. The van der Waals surface area contributed by atoms with Crippen molar-refractivity contribution >= 4 is 0 Å². The van der Waals surface area contributed by atoms with Crippen molar-refractivity contribution in [3.63, 3.8) is 0 Å². The summed E-state index contributed by atoms with van der Waals surface area (Å²) in [6.45, 7) is 0. The maximum absolute atomic E-state index is 4.92. The molecule has 1 aliphatic carbocycles. The molecule has 52 valence electrons. The van der Waals surface area contributed by atoms with Crippen LogP contribution in [0.1, 0.15) is 38.5 Å². The molecule has 0 bridgehead atoms. The Labute approximate surface area is 55.1 Å². The van der Waals surface area contributed by atoms with E-state index in [1.54, 1.807) is 0 Å². The van der Waals surface area contributed by atoms with E-state index in [9.17, 15) is 0 Å². The summed E-state index contributed by atoms with van der Waals surface area (Å²) in [7, 11) is 0. The SMILES string of the molecule is C1CCCC2(CC1)OO2. The molecule has 0 amide bonds. The van der Waals surface area contributed by atoms with Gasteiger partial charge in [0.15, 0.2) is 0 Å². The van der Waals surface area contributed by atoms with Crippen LogP contribution in [0.5, 0.6) is 0 Å². The number of hydrogen-bond donors (Lipinski definition) is 0. The van der Waals surface area contributed by atoms with Gasteiger partial charge in [0.1, 0.15) is 0 Å². The predicted octanol–water partition coefficient (Wildman–Crippen LogP) is 2.00. The van der Waals surface area contributed by atoms with Crippen LogP contribution in [0.3, 0.4) is 0 Å². The second kappa shape index (κ2) is 1.96. The molecule has 2 fully saturated rings. The Morgan fingerprint density at radius 1 is 0.778 bits per heavy atom. The van der Waals surface area contributed by atoms with Crippen molar-refractivity contribution in [3.05, 3.63) is 0 Å². The fraction of sp³-hybridized carbons (Fsp3) is 1.00. The van der Waals surface area contributed by atoms with Gasteiger partial charge in [-0.15, -0.1) is 0 Å². The summed E-state index contributed by atoms with van der Waals surface area (Å²) in [5.41, 5.74) is 0. The number of hydrogen-bond acceptors (Lipinski definition) is 2. The van der Waals surface area contributed by atoms with Crippen molar-refractivity contribution in [1.29, 1.82) is 0 Å². The van der Waals surface area contributed by atoms with Gasteiger partial charge in [-0.1, -0.05) is 12.8 Å². The lowest BCUT2D eigenvalue weighted by Gasteiger charge is -1.97. The smallest absolute Gasteiger partial charge is 0.195 e. The summed E-state index contributed by atoms with van der Waals surface area (Å²) in [6, 6.07) is 0. The Kier molecular flexibility index (Phi) is 1.24. The van der Waals surface area contributed by atoms with Crippen molar-refractivity contribution in [2.45, 2.75) is 44.3 Å². The monoisotopic (exact) mass is 128 g/mol. The third kappa shape index (κ3) is 1.10. The van der Waals surface area contributed by atoms with Crippen molar-refractivity contribution in [2.24, 2.45) is 0 Å². The molecular weight excluding hydrogens is 116 g/mol. The molecule has 0 atom stereocenters. The highest BCUT2D eigenvalue weighted by Gasteiger charge is 2.48. The van der Waals surface area contributed by atoms with Crippen LogP contribution in [0.25, 0.3) is 0 Å². The third-order valence-corrected chi connectivity index (χ3v) is 2.18. The second-order valence-electron chi connectivity index (χ2n) is 2.99. The topological polar surface area (TPSA) is 25.1 Å². The zero-order valence-corrected chi connectivity index (χ0v) is 5.56. The average Bonchev–Trinajstić information content (AvgIpc) is 2.64. The van der Waals surface area contributed by atoms with Gasteiger partial charge in [-0.2, -0.15) is 9.78 Å². The van der Waals surface area contributed by atoms with E-state index in [-0.39, 0.29) is 5.79 Å². The van der Waals surface area contributed by atoms with Crippen molar-refractivity contribution in [2.75, 3.05) is 0 Å². The predicted molar refractivity (Wildman–Crippen MR) is 32.6 cm³/mol. The minimum Gasteiger partial charge on any atom is -0.195 e. The molecule has 2 nitrogen and oxygen atoms in total. The van der Waals surface area contributed by atoms with Gasteiger partial charge in [-0.3, -0.25) is 0 Å². The summed E-state index contributed by atoms with van der Waals surface area (Å²) in [5, 5.41) is 0. The van der Waals surface area contributed by atoms with Crippen molar-refractivity contribution < 1.29 is 9.78 Å². The molecule has 0 radical (unpaired) electrons. The molecule has 0 aromatic carbocycles. The highest BCUT2D eigenvalue weighted by Crippen LogP contribution is 2.41. The van der Waals surface area contributed by atoms with Gasteiger partial charge >= 0.3 is 0 Å². The minimum absolute atomic E-state index is 0.0868. The van der Waals surface area contributed by atoms with Gasteiger partial charge in [0, 0.05) is 12.8 Å². The zero-order valence-electron chi connectivity index (χ0n) is 5.56. The fourth-order valence-electron chi connectivity index (χ4n) is 1.49. The largest absolute Gasteiger partial charge is 0.234 e. The van der Waals surface area contributed by atoms with Gasteiger partial charge < -0.3 is 0 Å². The maximum atomic E-state index is 4.92. The average molecular weight is 128 g/mol. The second-order valence-corrected chi connectivity index (χ2v) is 2.99. The molecule has 1 saturated heterocycles. The Morgan fingerprint density at radius 2 is 1.33 bits per heavy atom. The molecule has 2 aliphatic rings. The highest BCUT2D eigenvalue weighted by molar-refractivity contribution is 4.76. The molecule has 0 aromatic heterocycles. The molecule has 1 spiro atoms. The van der Waals surface area contributed by atoms with E-state index in [1.165, 1.54) is 25.7 Å². The molecule has 0 aromatic rings. The first-order valence-corrected chi connectivity index (χ1v) is 3.78. The lowest BCUT2D eigenvalue weighted by molar-refractivity contribution is 0.0850. The van der Waals surface area contributed by atoms with Gasteiger partial charge in [0.05, 0.1) is 0 Å². The molecule has 2 heteroatoms. The van der Waals surface area contributed by atoms with Gasteiger partial charge in [-0.05, 0) is 12.8 Å². The Morgan fingerprint density at radius 3 is 1.78 bits per heavy atom.